The maximum atomic E-state index is 13.5. The number of nitrogens with one attached hydrogen (secondary N) is 1. The normalized spacial score (nSPS) is 26.2. The third-order valence-corrected chi connectivity index (χ3v) is 21.1. The number of ether oxygens (including phenoxy) is 6. The Bertz CT molecular complexity index is 2110. The molecule has 0 bridgehead atoms. The fourth-order valence-corrected chi connectivity index (χ4v) is 14.3. The Morgan fingerprint density at radius 2 is 0.663 bits per heavy atom. The maximum Gasteiger partial charge on any atom is 0.220 e. The molecule has 17 atom stereocenters. The zero-order valence-corrected chi connectivity index (χ0v) is 65.3. The number of allylic oxidation sites excluding steroid dienone is 9. The summed E-state index contributed by atoms with van der Waals surface area (Å²) in [6.45, 7) is 1.67. The molecule has 0 saturated carbocycles. The van der Waals surface area contributed by atoms with Crippen LogP contribution in [-0.4, -0.2) is 193 Å². The van der Waals surface area contributed by atoms with E-state index in [2.05, 4.69) is 67.8 Å². The van der Waals surface area contributed by atoms with Gasteiger partial charge in [-0.05, 0) is 57.8 Å². The largest absolute Gasteiger partial charge is 0.394 e. The van der Waals surface area contributed by atoms with Gasteiger partial charge in [0.2, 0.25) is 5.91 Å². The second-order valence-corrected chi connectivity index (χ2v) is 30.3. The number of aliphatic hydroxyl groups excluding tert-OH is 11. The van der Waals surface area contributed by atoms with Crippen molar-refractivity contribution in [3.8, 4) is 0 Å². The number of rotatable bonds is 68. The minimum atomic E-state index is -1.98. The topological polar surface area (TPSA) is 307 Å². The Morgan fingerprint density at radius 1 is 0.356 bits per heavy atom. The molecule has 12 N–H and O–H groups in total. The van der Waals surface area contributed by atoms with Gasteiger partial charge in [-0.25, -0.2) is 0 Å². The van der Waals surface area contributed by atoms with Crippen LogP contribution in [0.15, 0.2) is 60.8 Å². The number of carbonyl (C=O) groups excluding carboxylic acids is 1. The molecule has 0 aromatic rings. The first kappa shape index (κ1) is 95.7. The first-order valence-electron chi connectivity index (χ1n) is 42.5. The first-order chi connectivity index (χ1) is 50.8. The van der Waals surface area contributed by atoms with E-state index < -0.39 is 124 Å². The van der Waals surface area contributed by atoms with Crippen molar-refractivity contribution in [2.75, 3.05) is 26.4 Å². The Morgan fingerprint density at radius 3 is 1.04 bits per heavy atom. The molecule has 19 heteroatoms. The molecule has 17 unspecified atom stereocenters. The van der Waals surface area contributed by atoms with Crippen LogP contribution in [-0.2, 0) is 33.2 Å². The summed E-state index contributed by atoms with van der Waals surface area (Å²) < 4.78 is 34.5. The highest BCUT2D eigenvalue weighted by molar-refractivity contribution is 5.76. The standard InChI is InChI=1S/C85H155NO18/c1-3-5-7-9-11-13-15-17-19-21-23-25-26-27-28-29-30-31-32-33-34-35-36-37-38-39-40-41-42-43-45-47-49-51-53-55-57-59-61-63-73(91)86-68(69(90)62-60-58-56-54-52-50-48-46-44-24-22-20-18-16-14-12-10-8-6-4-2)67-99-83-79(97)76(94)81(71(65-88)101-83)104-85-80(98)77(95)82(72(66-89)102-85)103-84-78(96)75(93)74(92)70(64-87)100-84/h5,7,11,13,17,19,23,25,60,62,68-72,74-85,87-90,92-98H,3-4,6,8-10,12,14-16,18,20-22,24,26-59,61,63-67H2,1-2H3,(H,86,91)/b7-5-,13-11-,19-17-,25-23-,62-60+. The molecule has 3 aliphatic rings. The van der Waals surface area contributed by atoms with E-state index >= 15 is 0 Å². The zero-order valence-electron chi connectivity index (χ0n) is 65.3. The van der Waals surface area contributed by atoms with Gasteiger partial charge in [0.1, 0.15) is 73.2 Å². The van der Waals surface area contributed by atoms with Crippen molar-refractivity contribution >= 4 is 5.91 Å². The number of unbranched alkanes of at least 4 members (excludes halogenated alkanes) is 44. The van der Waals surface area contributed by atoms with Crippen LogP contribution in [0.4, 0.5) is 0 Å². The summed E-state index contributed by atoms with van der Waals surface area (Å²) in [7, 11) is 0. The highest BCUT2D eigenvalue weighted by atomic mass is 16.8. The molecule has 3 fully saturated rings. The third kappa shape index (κ3) is 44.4. The molecule has 0 aliphatic carbocycles. The predicted octanol–water partition coefficient (Wildman–Crippen LogP) is 15.0. The van der Waals surface area contributed by atoms with E-state index in [-0.39, 0.29) is 18.9 Å². The summed E-state index contributed by atoms with van der Waals surface area (Å²) in [5.74, 6) is -0.269. The van der Waals surface area contributed by atoms with Gasteiger partial charge in [0, 0.05) is 6.42 Å². The Hall–Kier alpha value is -2.51. The summed E-state index contributed by atoms with van der Waals surface area (Å²) in [6.07, 6.45) is 58.0. The lowest BCUT2D eigenvalue weighted by Gasteiger charge is -2.48. The number of hydrogen-bond acceptors (Lipinski definition) is 18. The summed E-state index contributed by atoms with van der Waals surface area (Å²) in [5, 5.41) is 121. The minimum absolute atomic E-state index is 0.247. The summed E-state index contributed by atoms with van der Waals surface area (Å²) >= 11 is 0. The van der Waals surface area contributed by atoms with Gasteiger partial charge in [0.15, 0.2) is 18.9 Å². The molecule has 3 heterocycles. The third-order valence-electron chi connectivity index (χ3n) is 21.1. The fourth-order valence-electron chi connectivity index (χ4n) is 14.3. The minimum Gasteiger partial charge on any atom is -0.394 e. The SMILES string of the molecule is CC/C=C\C/C=C\C/C=C\C/C=C\CCCCCCCCCCCCCCCCCCCCCCCCCCCCC(=O)NC(COC1OC(CO)C(OC2OC(CO)C(OC3OC(CO)C(O)C(O)C3O)C(O)C2O)C(O)C1O)C(O)/C=C/CCCCCCCCCCCCCCCCCCCC. The smallest absolute Gasteiger partial charge is 0.220 e. The average Bonchev–Trinajstić information content (AvgIpc) is 0.783. The number of hydrogen-bond donors (Lipinski definition) is 12. The molecular formula is C85H155NO18. The van der Waals surface area contributed by atoms with E-state index in [0.717, 1.165) is 70.6 Å². The van der Waals surface area contributed by atoms with Gasteiger partial charge in [-0.2, -0.15) is 0 Å². The van der Waals surface area contributed by atoms with Crippen molar-refractivity contribution in [2.45, 2.75) is 446 Å². The van der Waals surface area contributed by atoms with Crippen LogP contribution in [0, 0.1) is 0 Å². The van der Waals surface area contributed by atoms with E-state index in [1.54, 1.807) is 6.08 Å². The van der Waals surface area contributed by atoms with E-state index in [1.807, 2.05) is 6.08 Å². The van der Waals surface area contributed by atoms with Gasteiger partial charge in [-0.3, -0.25) is 4.79 Å². The lowest BCUT2D eigenvalue weighted by Crippen LogP contribution is -2.66. The van der Waals surface area contributed by atoms with Crippen molar-refractivity contribution in [2.24, 2.45) is 0 Å². The molecule has 19 nitrogen and oxygen atoms in total. The van der Waals surface area contributed by atoms with Crippen LogP contribution in [0.3, 0.4) is 0 Å². The Labute approximate surface area is 630 Å². The van der Waals surface area contributed by atoms with Gasteiger partial charge in [0.05, 0.1) is 38.6 Å². The van der Waals surface area contributed by atoms with Gasteiger partial charge in [0.25, 0.3) is 0 Å². The van der Waals surface area contributed by atoms with E-state index in [1.165, 1.54) is 244 Å². The van der Waals surface area contributed by atoms with Crippen molar-refractivity contribution < 1.29 is 89.4 Å². The Balaban J connectivity index is 1.30. The number of amides is 1. The van der Waals surface area contributed by atoms with Gasteiger partial charge in [-0.1, -0.05) is 338 Å². The maximum absolute atomic E-state index is 13.5. The summed E-state index contributed by atoms with van der Waals surface area (Å²) in [5.41, 5.74) is 0. The van der Waals surface area contributed by atoms with E-state index in [9.17, 15) is 61.0 Å². The van der Waals surface area contributed by atoms with Crippen molar-refractivity contribution in [3.63, 3.8) is 0 Å². The first-order valence-corrected chi connectivity index (χ1v) is 42.5. The van der Waals surface area contributed by atoms with Crippen molar-refractivity contribution in [3.05, 3.63) is 60.8 Å². The Kier molecular flexibility index (Phi) is 60.0. The van der Waals surface area contributed by atoms with Gasteiger partial charge < -0.3 is 89.9 Å². The van der Waals surface area contributed by atoms with E-state index in [0.29, 0.717) is 6.42 Å². The molecule has 3 aliphatic heterocycles. The van der Waals surface area contributed by atoms with Crippen LogP contribution in [0.25, 0.3) is 0 Å². The molecule has 0 aromatic heterocycles. The van der Waals surface area contributed by atoms with Crippen molar-refractivity contribution in [1.29, 1.82) is 0 Å². The fraction of sp³-hybridized carbons (Fsp3) is 0.871. The zero-order chi connectivity index (χ0) is 75.3. The van der Waals surface area contributed by atoms with Crippen LogP contribution in [0.5, 0.6) is 0 Å². The van der Waals surface area contributed by atoms with Gasteiger partial charge >= 0.3 is 0 Å². The monoisotopic (exact) mass is 1480 g/mol. The molecule has 608 valence electrons. The predicted molar refractivity (Wildman–Crippen MR) is 415 cm³/mol. The molecule has 0 radical (unpaired) electrons. The molecule has 0 aromatic carbocycles. The number of aliphatic hydroxyl groups is 11. The van der Waals surface area contributed by atoms with Crippen LogP contribution >= 0.6 is 0 Å². The van der Waals surface area contributed by atoms with Gasteiger partial charge in [-0.15, -0.1) is 0 Å². The van der Waals surface area contributed by atoms with Crippen LogP contribution in [0.2, 0.25) is 0 Å². The summed E-state index contributed by atoms with van der Waals surface area (Å²) in [4.78, 5) is 13.5. The molecule has 3 rings (SSSR count). The molecule has 1 amide bonds. The van der Waals surface area contributed by atoms with Crippen molar-refractivity contribution in [1.82, 2.24) is 5.32 Å². The lowest BCUT2D eigenvalue weighted by molar-refractivity contribution is -0.379. The molecule has 3 saturated heterocycles. The van der Waals surface area contributed by atoms with Crippen LogP contribution in [0.1, 0.15) is 341 Å². The quantitative estimate of drug-likeness (QED) is 0.0199. The highest BCUT2D eigenvalue weighted by Crippen LogP contribution is 2.33. The molecule has 0 spiro atoms. The number of carbonyl (C=O) groups is 1. The lowest BCUT2D eigenvalue weighted by atomic mass is 9.96. The average molecular weight is 1480 g/mol. The van der Waals surface area contributed by atoms with E-state index in [4.69, 9.17) is 28.4 Å². The second kappa shape index (κ2) is 65.2. The highest BCUT2D eigenvalue weighted by Gasteiger charge is 2.54. The molecule has 104 heavy (non-hydrogen) atoms. The second-order valence-electron chi connectivity index (χ2n) is 30.3. The summed E-state index contributed by atoms with van der Waals surface area (Å²) in [6, 6.07) is -0.973. The molecular weight excluding hydrogens is 1320 g/mol. The van der Waals surface area contributed by atoms with Crippen LogP contribution < -0.4 is 5.32 Å².